The molecule has 0 radical (unpaired) electrons. The SMILES string of the molecule is CCOCCOC(=O)Nc1ccc(Br)cc1. The number of rotatable bonds is 5. The Morgan fingerprint density at radius 2 is 2.00 bits per heavy atom. The number of carbonyl (C=O) groups is 1. The summed E-state index contributed by atoms with van der Waals surface area (Å²) >= 11 is 3.31. The van der Waals surface area contributed by atoms with Gasteiger partial charge in [0, 0.05) is 16.8 Å². The maximum atomic E-state index is 11.3. The summed E-state index contributed by atoms with van der Waals surface area (Å²) in [6, 6.07) is 7.26. The lowest BCUT2D eigenvalue weighted by molar-refractivity contribution is 0.0850. The first-order valence-electron chi connectivity index (χ1n) is 4.99. The molecule has 0 aromatic heterocycles. The number of benzene rings is 1. The average molecular weight is 288 g/mol. The standard InChI is InChI=1S/C11H14BrNO3/c1-2-15-7-8-16-11(14)13-10-5-3-9(12)4-6-10/h3-6H,2,7-8H2,1H3,(H,13,14). The number of amides is 1. The smallest absolute Gasteiger partial charge is 0.411 e. The van der Waals surface area contributed by atoms with Gasteiger partial charge >= 0.3 is 6.09 Å². The van der Waals surface area contributed by atoms with E-state index < -0.39 is 6.09 Å². The van der Waals surface area contributed by atoms with Gasteiger partial charge in [0.1, 0.15) is 6.61 Å². The summed E-state index contributed by atoms with van der Waals surface area (Å²) < 4.78 is 10.9. The molecule has 1 aromatic carbocycles. The van der Waals surface area contributed by atoms with Crippen LogP contribution in [-0.4, -0.2) is 25.9 Å². The van der Waals surface area contributed by atoms with E-state index in [1.165, 1.54) is 0 Å². The van der Waals surface area contributed by atoms with E-state index in [0.717, 1.165) is 4.47 Å². The molecule has 1 N–H and O–H groups in total. The van der Waals surface area contributed by atoms with Crippen LogP contribution in [0.1, 0.15) is 6.92 Å². The summed E-state index contributed by atoms with van der Waals surface area (Å²) in [5.74, 6) is 0. The van der Waals surface area contributed by atoms with Crippen molar-refractivity contribution in [1.82, 2.24) is 0 Å². The minimum Gasteiger partial charge on any atom is -0.447 e. The highest BCUT2D eigenvalue weighted by atomic mass is 79.9. The van der Waals surface area contributed by atoms with E-state index in [1.807, 2.05) is 19.1 Å². The molecule has 0 fully saturated rings. The van der Waals surface area contributed by atoms with Crippen molar-refractivity contribution in [1.29, 1.82) is 0 Å². The van der Waals surface area contributed by atoms with Crippen molar-refractivity contribution in [2.45, 2.75) is 6.92 Å². The predicted octanol–water partition coefficient (Wildman–Crippen LogP) is 3.03. The minimum atomic E-state index is -0.470. The molecular formula is C11H14BrNO3. The number of ether oxygens (including phenoxy) is 2. The number of anilines is 1. The molecule has 0 aliphatic carbocycles. The first-order valence-corrected chi connectivity index (χ1v) is 5.78. The number of hydrogen-bond acceptors (Lipinski definition) is 3. The minimum absolute atomic E-state index is 0.260. The van der Waals surface area contributed by atoms with Crippen LogP contribution < -0.4 is 5.32 Å². The maximum absolute atomic E-state index is 11.3. The fraction of sp³-hybridized carbons (Fsp3) is 0.364. The van der Waals surface area contributed by atoms with Gasteiger partial charge in [0.25, 0.3) is 0 Å². The van der Waals surface area contributed by atoms with E-state index in [4.69, 9.17) is 9.47 Å². The zero-order valence-electron chi connectivity index (χ0n) is 9.03. The van der Waals surface area contributed by atoms with Crippen LogP contribution in [0.3, 0.4) is 0 Å². The molecule has 5 heteroatoms. The van der Waals surface area contributed by atoms with Crippen LogP contribution in [0, 0.1) is 0 Å². The Morgan fingerprint density at radius 1 is 1.31 bits per heavy atom. The topological polar surface area (TPSA) is 47.6 Å². The third kappa shape index (κ3) is 5.14. The average Bonchev–Trinajstić information content (AvgIpc) is 2.28. The van der Waals surface area contributed by atoms with Crippen molar-refractivity contribution in [2.75, 3.05) is 25.1 Å². The van der Waals surface area contributed by atoms with Crippen LogP contribution in [0.4, 0.5) is 10.5 Å². The Hall–Kier alpha value is -1.07. The fourth-order valence-electron chi connectivity index (χ4n) is 1.02. The van der Waals surface area contributed by atoms with E-state index in [0.29, 0.717) is 18.9 Å². The largest absolute Gasteiger partial charge is 0.447 e. The molecule has 88 valence electrons. The van der Waals surface area contributed by atoms with Crippen LogP contribution in [-0.2, 0) is 9.47 Å². The molecule has 0 saturated carbocycles. The molecular weight excluding hydrogens is 274 g/mol. The Balaban J connectivity index is 2.26. The Labute approximate surface area is 103 Å². The highest BCUT2D eigenvalue weighted by Crippen LogP contribution is 2.14. The second-order valence-corrected chi connectivity index (χ2v) is 3.88. The molecule has 16 heavy (non-hydrogen) atoms. The van der Waals surface area contributed by atoms with Gasteiger partial charge in [-0.15, -0.1) is 0 Å². The molecule has 0 heterocycles. The van der Waals surface area contributed by atoms with Gasteiger partial charge in [-0.05, 0) is 31.2 Å². The molecule has 0 unspecified atom stereocenters. The van der Waals surface area contributed by atoms with Gasteiger partial charge in [0.15, 0.2) is 0 Å². The highest BCUT2D eigenvalue weighted by Gasteiger charge is 2.02. The van der Waals surface area contributed by atoms with Gasteiger partial charge < -0.3 is 9.47 Å². The Morgan fingerprint density at radius 3 is 2.62 bits per heavy atom. The monoisotopic (exact) mass is 287 g/mol. The number of nitrogens with one attached hydrogen (secondary N) is 1. The molecule has 0 spiro atoms. The predicted molar refractivity (Wildman–Crippen MR) is 65.6 cm³/mol. The second kappa shape index (κ2) is 7.24. The zero-order valence-corrected chi connectivity index (χ0v) is 10.6. The number of halogens is 1. The molecule has 0 saturated heterocycles. The van der Waals surface area contributed by atoms with Gasteiger partial charge in [-0.1, -0.05) is 15.9 Å². The van der Waals surface area contributed by atoms with Crippen LogP contribution >= 0.6 is 15.9 Å². The molecule has 0 atom stereocenters. The Kier molecular flexibility index (Phi) is 5.88. The van der Waals surface area contributed by atoms with Crippen molar-refractivity contribution in [3.8, 4) is 0 Å². The van der Waals surface area contributed by atoms with Crippen molar-refractivity contribution in [3.63, 3.8) is 0 Å². The third-order valence-electron chi connectivity index (χ3n) is 1.76. The summed E-state index contributed by atoms with van der Waals surface area (Å²) in [6.45, 7) is 3.19. The van der Waals surface area contributed by atoms with Gasteiger partial charge in [-0.3, -0.25) is 5.32 Å². The first kappa shape index (κ1) is 13.0. The van der Waals surface area contributed by atoms with E-state index >= 15 is 0 Å². The quantitative estimate of drug-likeness (QED) is 0.847. The second-order valence-electron chi connectivity index (χ2n) is 2.96. The molecule has 1 aromatic rings. The lowest BCUT2D eigenvalue weighted by Gasteiger charge is -2.06. The van der Waals surface area contributed by atoms with Gasteiger partial charge in [-0.2, -0.15) is 0 Å². The Bertz CT molecular complexity index is 327. The van der Waals surface area contributed by atoms with E-state index in [2.05, 4.69) is 21.2 Å². The van der Waals surface area contributed by atoms with E-state index in [-0.39, 0.29) is 6.61 Å². The van der Waals surface area contributed by atoms with Crippen LogP contribution in [0.2, 0.25) is 0 Å². The van der Waals surface area contributed by atoms with Gasteiger partial charge in [0.2, 0.25) is 0 Å². The number of hydrogen-bond donors (Lipinski definition) is 1. The van der Waals surface area contributed by atoms with Crippen LogP contribution in [0.15, 0.2) is 28.7 Å². The highest BCUT2D eigenvalue weighted by molar-refractivity contribution is 9.10. The zero-order chi connectivity index (χ0) is 11.8. The normalized spacial score (nSPS) is 9.88. The molecule has 4 nitrogen and oxygen atoms in total. The first-order chi connectivity index (χ1) is 7.72. The third-order valence-corrected chi connectivity index (χ3v) is 2.28. The fourth-order valence-corrected chi connectivity index (χ4v) is 1.29. The summed E-state index contributed by atoms with van der Waals surface area (Å²) in [7, 11) is 0. The molecule has 0 aliphatic rings. The summed E-state index contributed by atoms with van der Waals surface area (Å²) in [6.07, 6.45) is -0.470. The number of carbonyl (C=O) groups excluding carboxylic acids is 1. The van der Waals surface area contributed by atoms with Crippen molar-refractivity contribution < 1.29 is 14.3 Å². The lowest BCUT2D eigenvalue weighted by atomic mass is 10.3. The summed E-state index contributed by atoms with van der Waals surface area (Å²) in [5.41, 5.74) is 0.699. The van der Waals surface area contributed by atoms with Crippen molar-refractivity contribution in [2.24, 2.45) is 0 Å². The molecule has 0 aliphatic heterocycles. The van der Waals surface area contributed by atoms with Crippen molar-refractivity contribution in [3.05, 3.63) is 28.7 Å². The van der Waals surface area contributed by atoms with Crippen molar-refractivity contribution >= 4 is 27.7 Å². The van der Waals surface area contributed by atoms with Crippen LogP contribution in [0.25, 0.3) is 0 Å². The van der Waals surface area contributed by atoms with Crippen LogP contribution in [0.5, 0.6) is 0 Å². The molecule has 0 bridgehead atoms. The van der Waals surface area contributed by atoms with Gasteiger partial charge in [0.05, 0.1) is 6.61 Å². The lowest BCUT2D eigenvalue weighted by Crippen LogP contribution is -2.16. The van der Waals surface area contributed by atoms with E-state index in [9.17, 15) is 4.79 Å². The van der Waals surface area contributed by atoms with Gasteiger partial charge in [-0.25, -0.2) is 4.79 Å². The molecule has 1 rings (SSSR count). The maximum Gasteiger partial charge on any atom is 0.411 e. The summed E-state index contributed by atoms with van der Waals surface area (Å²) in [5, 5.41) is 2.61. The molecule has 1 amide bonds. The van der Waals surface area contributed by atoms with E-state index in [1.54, 1.807) is 12.1 Å². The summed E-state index contributed by atoms with van der Waals surface area (Å²) in [4.78, 5) is 11.3.